The van der Waals surface area contributed by atoms with Crippen LogP contribution >= 0.6 is 0 Å². The molecule has 1 aliphatic heterocycles. The van der Waals surface area contributed by atoms with Crippen molar-refractivity contribution < 1.29 is 0 Å². The summed E-state index contributed by atoms with van der Waals surface area (Å²) in [6.45, 7) is 8.22. The van der Waals surface area contributed by atoms with E-state index in [1.54, 1.807) is 0 Å². The third kappa shape index (κ3) is 17.1. The zero-order valence-corrected chi connectivity index (χ0v) is 21.0. The molecular formula is C28H56N2. The van der Waals surface area contributed by atoms with Gasteiger partial charge in [0.05, 0.1) is 6.67 Å². The zero-order valence-electron chi connectivity index (χ0n) is 21.0. The third-order valence-electron chi connectivity index (χ3n) is 6.70. The van der Waals surface area contributed by atoms with Crippen molar-refractivity contribution in [3.63, 3.8) is 0 Å². The summed E-state index contributed by atoms with van der Waals surface area (Å²) in [4.78, 5) is 5.01. The fraction of sp³-hybridized carbons (Fsp3) is 0.929. The van der Waals surface area contributed by atoms with Gasteiger partial charge >= 0.3 is 0 Å². The Kier molecular flexibility index (Phi) is 19.7. The van der Waals surface area contributed by atoms with Crippen molar-refractivity contribution in [3.05, 3.63) is 12.4 Å². The summed E-state index contributed by atoms with van der Waals surface area (Å²) < 4.78 is 0. The predicted octanol–water partition coefficient (Wildman–Crippen LogP) is 9.26. The van der Waals surface area contributed by atoms with Gasteiger partial charge in [-0.3, -0.25) is 0 Å². The Morgan fingerprint density at radius 2 is 0.667 bits per heavy atom. The Hall–Kier alpha value is -0.660. The van der Waals surface area contributed by atoms with Crippen LogP contribution in [0.15, 0.2) is 12.4 Å². The fourth-order valence-corrected chi connectivity index (χ4v) is 4.59. The van der Waals surface area contributed by atoms with Gasteiger partial charge in [0.2, 0.25) is 0 Å². The minimum absolute atomic E-state index is 1.13. The maximum absolute atomic E-state index is 2.51. The average Bonchev–Trinajstić information content (AvgIpc) is 3.21. The standard InChI is InChI=1S/C28H56N2/c1-3-5-7-9-10-11-12-13-14-15-16-17-18-19-21-23-25-30-27-26-29(28-30)24-22-20-8-6-4-2/h26-27H,3-25,28H2,1-2H3. The molecule has 1 aliphatic rings. The number of hydrogen-bond acceptors (Lipinski definition) is 2. The molecule has 1 rings (SSSR count). The van der Waals surface area contributed by atoms with Crippen molar-refractivity contribution in [2.45, 2.75) is 149 Å². The lowest BCUT2D eigenvalue weighted by Crippen LogP contribution is -2.26. The van der Waals surface area contributed by atoms with Crippen molar-refractivity contribution in [2.24, 2.45) is 0 Å². The highest BCUT2D eigenvalue weighted by atomic mass is 15.3. The summed E-state index contributed by atoms with van der Waals surface area (Å²) in [7, 11) is 0. The predicted molar refractivity (Wildman–Crippen MR) is 136 cm³/mol. The molecule has 0 N–H and O–H groups in total. The van der Waals surface area contributed by atoms with Crippen molar-refractivity contribution in [3.8, 4) is 0 Å². The molecule has 0 fully saturated rings. The minimum atomic E-state index is 1.13. The summed E-state index contributed by atoms with van der Waals surface area (Å²) in [5.41, 5.74) is 0. The maximum atomic E-state index is 2.51. The molecule has 0 aromatic carbocycles. The van der Waals surface area contributed by atoms with Crippen LogP contribution in [0.3, 0.4) is 0 Å². The smallest absolute Gasteiger partial charge is 0.0893 e. The van der Waals surface area contributed by atoms with Crippen molar-refractivity contribution in [1.82, 2.24) is 9.80 Å². The molecule has 0 aromatic rings. The average molecular weight is 421 g/mol. The minimum Gasteiger partial charge on any atom is -0.359 e. The van der Waals surface area contributed by atoms with E-state index in [0.717, 1.165) is 6.67 Å². The van der Waals surface area contributed by atoms with E-state index >= 15 is 0 Å². The van der Waals surface area contributed by atoms with Gasteiger partial charge in [0, 0.05) is 25.5 Å². The molecule has 0 bridgehead atoms. The first kappa shape index (κ1) is 27.4. The van der Waals surface area contributed by atoms with Gasteiger partial charge in [-0.2, -0.15) is 0 Å². The first-order valence-corrected chi connectivity index (χ1v) is 14.0. The van der Waals surface area contributed by atoms with Gasteiger partial charge in [0.25, 0.3) is 0 Å². The highest BCUT2D eigenvalue weighted by molar-refractivity contribution is 4.90. The number of rotatable bonds is 23. The van der Waals surface area contributed by atoms with Gasteiger partial charge in [0.15, 0.2) is 0 Å². The monoisotopic (exact) mass is 420 g/mol. The first-order chi connectivity index (χ1) is 14.9. The van der Waals surface area contributed by atoms with Crippen LogP contribution in [0.4, 0.5) is 0 Å². The van der Waals surface area contributed by atoms with Gasteiger partial charge in [-0.1, -0.05) is 136 Å². The van der Waals surface area contributed by atoms with Crippen LogP contribution in [0.5, 0.6) is 0 Å². The van der Waals surface area contributed by atoms with E-state index < -0.39 is 0 Å². The summed E-state index contributed by atoms with van der Waals surface area (Å²) in [6.07, 6.45) is 34.8. The lowest BCUT2D eigenvalue weighted by Gasteiger charge is -2.21. The topological polar surface area (TPSA) is 6.48 Å². The highest BCUT2D eigenvalue weighted by Crippen LogP contribution is 2.15. The van der Waals surface area contributed by atoms with E-state index in [1.807, 2.05) is 0 Å². The van der Waals surface area contributed by atoms with Gasteiger partial charge in [0.1, 0.15) is 0 Å². The Balaban J connectivity index is 1.74. The summed E-state index contributed by atoms with van der Waals surface area (Å²) in [6, 6.07) is 0. The quantitative estimate of drug-likeness (QED) is 0.152. The van der Waals surface area contributed by atoms with Gasteiger partial charge in [-0.15, -0.1) is 0 Å². The second-order valence-electron chi connectivity index (χ2n) is 9.78. The molecule has 0 atom stereocenters. The zero-order chi connectivity index (χ0) is 21.5. The number of hydrogen-bond donors (Lipinski definition) is 0. The fourth-order valence-electron chi connectivity index (χ4n) is 4.59. The number of unbranched alkanes of at least 4 members (excludes halogenated alkanes) is 19. The van der Waals surface area contributed by atoms with E-state index in [0.29, 0.717) is 0 Å². The van der Waals surface area contributed by atoms with E-state index in [9.17, 15) is 0 Å². The van der Waals surface area contributed by atoms with Crippen molar-refractivity contribution in [1.29, 1.82) is 0 Å². The summed E-state index contributed by atoms with van der Waals surface area (Å²) in [5.74, 6) is 0. The van der Waals surface area contributed by atoms with Gasteiger partial charge < -0.3 is 9.80 Å². The lowest BCUT2D eigenvalue weighted by atomic mass is 10.0. The van der Waals surface area contributed by atoms with Crippen molar-refractivity contribution >= 4 is 0 Å². The number of nitrogens with zero attached hydrogens (tertiary/aromatic N) is 2. The molecule has 0 amide bonds. The van der Waals surface area contributed by atoms with E-state index in [2.05, 4.69) is 36.0 Å². The molecule has 0 saturated heterocycles. The van der Waals surface area contributed by atoms with Crippen LogP contribution in [0.25, 0.3) is 0 Å². The molecule has 0 saturated carbocycles. The van der Waals surface area contributed by atoms with Crippen molar-refractivity contribution in [2.75, 3.05) is 19.8 Å². The molecule has 178 valence electrons. The first-order valence-electron chi connectivity index (χ1n) is 14.0. The highest BCUT2D eigenvalue weighted by Gasteiger charge is 2.10. The lowest BCUT2D eigenvalue weighted by molar-refractivity contribution is 0.257. The molecular weight excluding hydrogens is 364 g/mol. The van der Waals surface area contributed by atoms with Crippen LogP contribution in [-0.4, -0.2) is 29.6 Å². The van der Waals surface area contributed by atoms with E-state index in [1.165, 1.54) is 148 Å². The molecule has 2 heteroatoms. The molecule has 0 unspecified atom stereocenters. The molecule has 2 nitrogen and oxygen atoms in total. The van der Waals surface area contributed by atoms with Crippen LogP contribution in [-0.2, 0) is 0 Å². The third-order valence-corrected chi connectivity index (χ3v) is 6.70. The SMILES string of the molecule is CCCCCCCCCCCCCCCCCCN1C=CN(CCCCCCC)C1. The Morgan fingerprint density at radius 1 is 0.400 bits per heavy atom. The normalized spacial score (nSPS) is 13.7. The van der Waals surface area contributed by atoms with E-state index in [4.69, 9.17) is 0 Å². The largest absolute Gasteiger partial charge is 0.359 e. The Morgan fingerprint density at radius 3 is 0.967 bits per heavy atom. The summed E-state index contributed by atoms with van der Waals surface area (Å²) >= 11 is 0. The molecule has 0 aromatic heterocycles. The molecule has 0 spiro atoms. The van der Waals surface area contributed by atoms with E-state index in [-0.39, 0.29) is 0 Å². The Bertz CT molecular complexity index is 366. The second kappa shape index (κ2) is 21.6. The molecule has 30 heavy (non-hydrogen) atoms. The van der Waals surface area contributed by atoms with Gasteiger partial charge in [-0.05, 0) is 12.8 Å². The van der Waals surface area contributed by atoms with Crippen LogP contribution in [0.2, 0.25) is 0 Å². The van der Waals surface area contributed by atoms with Gasteiger partial charge in [-0.25, -0.2) is 0 Å². The maximum Gasteiger partial charge on any atom is 0.0893 e. The molecule has 0 radical (unpaired) electrons. The molecule has 0 aliphatic carbocycles. The van der Waals surface area contributed by atoms with Crippen LogP contribution in [0, 0.1) is 0 Å². The summed E-state index contributed by atoms with van der Waals surface area (Å²) in [5, 5.41) is 0. The Labute approximate surface area is 190 Å². The second-order valence-corrected chi connectivity index (χ2v) is 9.78. The van der Waals surface area contributed by atoms with Crippen LogP contribution in [0.1, 0.15) is 149 Å². The molecule has 1 heterocycles. The van der Waals surface area contributed by atoms with Crippen LogP contribution < -0.4 is 0 Å².